The number of rotatable bonds is 2. The minimum atomic E-state index is -0.507. The lowest BCUT2D eigenvalue weighted by Crippen LogP contribution is -2.13. The highest BCUT2D eigenvalue weighted by atomic mass is 32.1. The summed E-state index contributed by atoms with van der Waals surface area (Å²) in [6.07, 6.45) is 0. The number of hydrogen-bond donors (Lipinski definition) is 0. The van der Waals surface area contributed by atoms with Crippen LogP contribution in [-0.2, 0) is 7.05 Å². The molecule has 0 unspecified atom stereocenters. The van der Waals surface area contributed by atoms with Gasteiger partial charge in [0, 0.05) is 13.1 Å². The van der Waals surface area contributed by atoms with Gasteiger partial charge < -0.3 is 4.57 Å². The fourth-order valence-electron chi connectivity index (χ4n) is 2.47. The molecule has 0 spiro atoms. The van der Waals surface area contributed by atoms with Gasteiger partial charge in [-0.25, -0.2) is 0 Å². The number of thiazole rings is 1. The minimum Gasteiger partial charge on any atom is -0.319 e. The van der Waals surface area contributed by atoms with Gasteiger partial charge >= 0.3 is 5.00 Å². The molecule has 1 aromatic carbocycles. The number of amides is 1. The Bertz CT molecular complexity index is 1010. The van der Waals surface area contributed by atoms with Crippen LogP contribution < -0.4 is 4.80 Å². The molecule has 0 aliphatic heterocycles. The van der Waals surface area contributed by atoms with Crippen molar-refractivity contribution in [3.63, 3.8) is 0 Å². The van der Waals surface area contributed by atoms with Crippen LogP contribution in [0, 0.1) is 24.0 Å². The number of nitro groups is 1. The van der Waals surface area contributed by atoms with Gasteiger partial charge in [0.2, 0.25) is 0 Å². The molecular formula is C15H13N3O3S2. The molecule has 8 heteroatoms. The Labute approximate surface area is 139 Å². The monoisotopic (exact) mass is 347 g/mol. The Kier molecular flexibility index (Phi) is 3.87. The number of thiophene rings is 1. The van der Waals surface area contributed by atoms with E-state index in [2.05, 4.69) is 17.1 Å². The summed E-state index contributed by atoms with van der Waals surface area (Å²) < 4.78 is 2.95. The molecule has 0 aliphatic carbocycles. The maximum atomic E-state index is 12.2. The molecule has 0 N–H and O–H groups in total. The number of fused-ring (bicyclic) bond motifs is 1. The van der Waals surface area contributed by atoms with Crippen molar-refractivity contribution in [1.82, 2.24) is 4.57 Å². The van der Waals surface area contributed by atoms with Crippen LogP contribution in [0.3, 0.4) is 0 Å². The van der Waals surface area contributed by atoms with Gasteiger partial charge in [0.1, 0.15) is 4.88 Å². The number of carbonyl (C=O) groups excluding carboxylic acids is 1. The van der Waals surface area contributed by atoms with E-state index >= 15 is 0 Å². The molecule has 3 rings (SSSR count). The lowest BCUT2D eigenvalue weighted by atomic mass is 10.1. The molecule has 0 saturated heterocycles. The molecule has 0 saturated carbocycles. The first-order valence-electron chi connectivity index (χ1n) is 6.77. The van der Waals surface area contributed by atoms with Crippen LogP contribution in [0.15, 0.2) is 29.3 Å². The van der Waals surface area contributed by atoms with Gasteiger partial charge in [0.05, 0.1) is 15.1 Å². The summed E-state index contributed by atoms with van der Waals surface area (Å²) in [5.74, 6) is -0.459. The second-order valence-corrected chi connectivity index (χ2v) is 7.26. The zero-order valence-electron chi connectivity index (χ0n) is 12.7. The standard InChI is InChI=1S/C15H13N3O3S2/c1-8-6-9(2)13-11(7-8)23-15(17(13)3)16-14(19)10-4-5-12(22-10)18(20)21/h4-7H,1-3H3. The van der Waals surface area contributed by atoms with Crippen LogP contribution >= 0.6 is 22.7 Å². The zero-order valence-corrected chi connectivity index (χ0v) is 14.3. The minimum absolute atomic E-state index is 0.0595. The third kappa shape index (κ3) is 2.82. The molecule has 23 heavy (non-hydrogen) atoms. The van der Waals surface area contributed by atoms with Gasteiger partial charge in [0.25, 0.3) is 5.91 Å². The van der Waals surface area contributed by atoms with Crippen molar-refractivity contribution in [3.8, 4) is 0 Å². The van der Waals surface area contributed by atoms with Crippen LogP contribution in [-0.4, -0.2) is 15.4 Å². The van der Waals surface area contributed by atoms with Gasteiger partial charge in [-0.15, -0.1) is 0 Å². The fourth-order valence-corrected chi connectivity index (χ4v) is 4.37. The van der Waals surface area contributed by atoms with Crippen molar-refractivity contribution in [2.24, 2.45) is 12.0 Å². The molecule has 0 aliphatic rings. The normalized spacial score (nSPS) is 12.0. The Balaban J connectivity index is 2.10. The first kappa shape index (κ1) is 15.6. The van der Waals surface area contributed by atoms with Crippen LogP contribution in [0.25, 0.3) is 10.2 Å². The predicted octanol–water partition coefficient (Wildman–Crippen LogP) is 3.57. The largest absolute Gasteiger partial charge is 0.324 e. The third-order valence-electron chi connectivity index (χ3n) is 3.41. The van der Waals surface area contributed by atoms with E-state index in [1.807, 2.05) is 25.5 Å². The van der Waals surface area contributed by atoms with E-state index < -0.39 is 10.8 Å². The van der Waals surface area contributed by atoms with E-state index in [1.165, 1.54) is 23.5 Å². The van der Waals surface area contributed by atoms with Crippen molar-refractivity contribution in [1.29, 1.82) is 0 Å². The predicted molar refractivity (Wildman–Crippen MR) is 91.1 cm³/mol. The van der Waals surface area contributed by atoms with Gasteiger partial charge in [-0.2, -0.15) is 4.99 Å². The Hall–Kier alpha value is -2.32. The highest BCUT2D eigenvalue weighted by Gasteiger charge is 2.15. The Morgan fingerprint density at radius 1 is 1.26 bits per heavy atom. The lowest BCUT2D eigenvalue weighted by Gasteiger charge is -2.01. The molecule has 6 nitrogen and oxygen atoms in total. The number of aromatic nitrogens is 1. The van der Waals surface area contributed by atoms with Crippen LogP contribution in [0.1, 0.15) is 20.8 Å². The topological polar surface area (TPSA) is 77.5 Å². The summed E-state index contributed by atoms with van der Waals surface area (Å²) in [6.45, 7) is 4.05. The first-order valence-corrected chi connectivity index (χ1v) is 8.40. The van der Waals surface area contributed by atoms with Gasteiger partial charge in [-0.3, -0.25) is 14.9 Å². The zero-order chi connectivity index (χ0) is 16.7. The van der Waals surface area contributed by atoms with Crippen molar-refractivity contribution in [3.05, 3.63) is 55.2 Å². The highest BCUT2D eigenvalue weighted by molar-refractivity contribution is 7.17. The first-order chi connectivity index (χ1) is 10.9. The second kappa shape index (κ2) is 5.71. The van der Waals surface area contributed by atoms with Gasteiger partial charge in [-0.05, 0) is 37.1 Å². The average Bonchev–Trinajstić information content (AvgIpc) is 3.05. The van der Waals surface area contributed by atoms with E-state index in [4.69, 9.17) is 0 Å². The molecule has 2 aromatic heterocycles. The van der Waals surface area contributed by atoms with Crippen molar-refractivity contribution < 1.29 is 9.72 Å². The van der Waals surface area contributed by atoms with Crippen molar-refractivity contribution >= 4 is 43.8 Å². The average molecular weight is 347 g/mol. The summed E-state index contributed by atoms with van der Waals surface area (Å²) in [6, 6.07) is 6.92. The number of nitrogens with zero attached hydrogens (tertiary/aromatic N) is 3. The van der Waals surface area contributed by atoms with Crippen LogP contribution in [0.4, 0.5) is 5.00 Å². The number of benzene rings is 1. The molecule has 0 atom stereocenters. The van der Waals surface area contributed by atoms with Gasteiger partial charge in [-0.1, -0.05) is 28.7 Å². The van der Waals surface area contributed by atoms with E-state index in [9.17, 15) is 14.9 Å². The summed E-state index contributed by atoms with van der Waals surface area (Å²) in [5.41, 5.74) is 3.33. The van der Waals surface area contributed by atoms with E-state index in [0.29, 0.717) is 4.80 Å². The van der Waals surface area contributed by atoms with E-state index in [0.717, 1.165) is 32.7 Å². The molecule has 0 radical (unpaired) electrons. The number of carbonyl (C=O) groups is 1. The number of hydrogen-bond acceptors (Lipinski definition) is 5. The van der Waals surface area contributed by atoms with E-state index in [-0.39, 0.29) is 9.88 Å². The fraction of sp³-hybridized carbons (Fsp3) is 0.200. The molecular weight excluding hydrogens is 334 g/mol. The summed E-state index contributed by atoms with van der Waals surface area (Å²) in [4.78, 5) is 27.4. The maximum absolute atomic E-state index is 12.2. The smallest absolute Gasteiger partial charge is 0.319 e. The maximum Gasteiger partial charge on any atom is 0.324 e. The highest BCUT2D eigenvalue weighted by Crippen LogP contribution is 2.25. The summed E-state index contributed by atoms with van der Waals surface area (Å²) in [7, 11) is 1.87. The lowest BCUT2D eigenvalue weighted by molar-refractivity contribution is -0.380. The quantitative estimate of drug-likeness (QED) is 0.525. The van der Waals surface area contributed by atoms with Crippen LogP contribution in [0.2, 0.25) is 0 Å². The molecule has 3 aromatic rings. The Morgan fingerprint density at radius 3 is 2.65 bits per heavy atom. The molecule has 118 valence electrons. The third-order valence-corrected chi connectivity index (χ3v) is 5.52. The molecule has 0 bridgehead atoms. The van der Waals surface area contributed by atoms with Crippen molar-refractivity contribution in [2.75, 3.05) is 0 Å². The SMILES string of the molecule is Cc1cc(C)c2c(c1)sc(=NC(=O)c1ccc([N+](=O)[O-])s1)n2C. The van der Waals surface area contributed by atoms with Gasteiger partial charge in [0.15, 0.2) is 4.80 Å². The van der Waals surface area contributed by atoms with E-state index in [1.54, 1.807) is 0 Å². The van der Waals surface area contributed by atoms with Crippen LogP contribution in [0.5, 0.6) is 0 Å². The summed E-state index contributed by atoms with van der Waals surface area (Å²) in [5, 5.41) is 10.6. The Morgan fingerprint density at radius 2 is 2.00 bits per heavy atom. The molecule has 0 fully saturated rings. The molecule has 1 amide bonds. The van der Waals surface area contributed by atoms with Crippen molar-refractivity contribution in [2.45, 2.75) is 13.8 Å². The molecule has 2 heterocycles. The number of aryl methyl sites for hydroxylation is 3. The summed E-state index contributed by atoms with van der Waals surface area (Å²) >= 11 is 2.27. The second-order valence-electron chi connectivity index (χ2n) is 5.18.